The van der Waals surface area contributed by atoms with E-state index >= 15 is 0 Å². The fourth-order valence-electron chi connectivity index (χ4n) is 6.26. The molecule has 13 nitrogen and oxygen atoms in total. The van der Waals surface area contributed by atoms with Crippen molar-refractivity contribution in [3.8, 4) is 28.7 Å². The van der Waals surface area contributed by atoms with Gasteiger partial charge >= 0.3 is 0 Å². The minimum Gasteiger partial charge on any atom is -0.496 e. The third-order valence-corrected chi connectivity index (χ3v) is 8.78. The Kier molecular flexibility index (Phi) is 10.8. The van der Waals surface area contributed by atoms with Gasteiger partial charge in [0.25, 0.3) is 5.91 Å². The summed E-state index contributed by atoms with van der Waals surface area (Å²) in [4.78, 5) is 32.5. The van der Waals surface area contributed by atoms with Crippen molar-refractivity contribution in [1.29, 1.82) is 0 Å². The van der Waals surface area contributed by atoms with Gasteiger partial charge in [-0.2, -0.15) is 5.10 Å². The molecule has 0 saturated carbocycles. The van der Waals surface area contributed by atoms with Gasteiger partial charge in [-0.15, -0.1) is 0 Å². The van der Waals surface area contributed by atoms with Gasteiger partial charge in [-0.25, -0.2) is 9.67 Å². The van der Waals surface area contributed by atoms with Crippen LogP contribution in [0.5, 0.6) is 28.7 Å². The lowest BCUT2D eigenvalue weighted by Crippen LogP contribution is -2.57. The Morgan fingerprint density at radius 1 is 0.898 bits per heavy atom. The first-order valence-corrected chi connectivity index (χ1v) is 16.3. The highest BCUT2D eigenvalue weighted by molar-refractivity contribution is 5.78. The average molecular weight is 671 g/mol. The number of methoxy groups -OCH3 is 3. The van der Waals surface area contributed by atoms with E-state index < -0.39 is 0 Å². The summed E-state index contributed by atoms with van der Waals surface area (Å²) in [5, 5.41) is 10.4. The molecule has 2 amide bonds. The zero-order valence-electron chi connectivity index (χ0n) is 28.0. The van der Waals surface area contributed by atoms with Gasteiger partial charge in [-0.1, -0.05) is 12.1 Å². The first-order valence-electron chi connectivity index (χ1n) is 16.3. The molecule has 13 heteroatoms. The Morgan fingerprint density at radius 2 is 1.73 bits per heavy atom. The third-order valence-electron chi connectivity index (χ3n) is 8.78. The largest absolute Gasteiger partial charge is 0.496 e. The Morgan fingerprint density at radius 3 is 2.53 bits per heavy atom. The number of likely N-dealkylation sites (tertiary alicyclic amines) is 1. The number of rotatable bonds is 7. The molecule has 0 radical (unpaired) electrons. The Hall–Kier alpha value is -5.30. The molecule has 1 aromatic heterocycles. The zero-order valence-corrected chi connectivity index (χ0v) is 28.0. The van der Waals surface area contributed by atoms with Crippen LogP contribution in [0.15, 0.2) is 67.3 Å². The van der Waals surface area contributed by atoms with Gasteiger partial charge in [0.15, 0.2) is 18.1 Å². The molecule has 1 saturated heterocycles. The summed E-state index contributed by atoms with van der Waals surface area (Å²) in [6, 6.07) is 16.9. The van der Waals surface area contributed by atoms with Gasteiger partial charge in [0.05, 0.1) is 33.9 Å². The molecule has 4 bridgehead atoms. The van der Waals surface area contributed by atoms with E-state index in [0.29, 0.717) is 62.0 Å². The second-order valence-corrected chi connectivity index (χ2v) is 12.1. The summed E-state index contributed by atoms with van der Waals surface area (Å²) in [6.07, 6.45) is 4.34. The molecule has 49 heavy (non-hydrogen) atoms. The second kappa shape index (κ2) is 15.7. The van der Waals surface area contributed by atoms with E-state index in [4.69, 9.17) is 23.7 Å². The van der Waals surface area contributed by atoms with Gasteiger partial charge in [0.2, 0.25) is 5.91 Å². The highest BCUT2D eigenvalue weighted by Crippen LogP contribution is 2.30. The molecular weight excluding hydrogens is 628 g/mol. The number of nitrogens with zero attached hydrogens (tertiary/aromatic N) is 4. The number of benzene rings is 3. The number of hydrogen-bond acceptors (Lipinski definition) is 10. The molecule has 2 N–H and O–H groups in total. The van der Waals surface area contributed by atoms with Gasteiger partial charge in [-0.05, 0) is 60.4 Å². The normalized spacial score (nSPS) is 18.8. The first kappa shape index (κ1) is 33.6. The number of carbonyl (C=O) groups excluding carboxylic acids is 2. The molecule has 3 aliphatic heterocycles. The van der Waals surface area contributed by atoms with E-state index in [2.05, 4.69) is 37.7 Å². The molecule has 0 aliphatic carbocycles. The predicted molar refractivity (Wildman–Crippen MR) is 180 cm³/mol. The summed E-state index contributed by atoms with van der Waals surface area (Å²) < 4.78 is 31.0. The minimum atomic E-state index is -0.335. The van der Waals surface area contributed by atoms with Crippen LogP contribution in [-0.4, -0.2) is 84.7 Å². The molecule has 1 fully saturated rings. The molecule has 0 spiro atoms. The fraction of sp³-hybridized carbons (Fsp3) is 0.389. The summed E-state index contributed by atoms with van der Waals surface area (Å²) in [7, 11) is 4.81. The number of amides is 2. The maximum atomic E-state index is 13.4. The lowest BCUT2D eigenvalue weighted by molar-refractivity contribution is -0.125. The van der Waals surface area contributed by atoms with Crippen LogP contribution in [0.3, 0.4) is 0 Å². The monoisotopic (exact) mass is 670 g/mol. The van der Waals surface area contributed by atoms with Crippen LogP contribution in [0, 0.1) is 0 Å². The molecule has 2 atom stereocenters. The molecule has 0 unspecified atom stereocenters. The molecular formula is C36H42N6O7. The van der Waals surface area contributed by atoms with E-state index in [1.54, 1.807) is 38.4 Å². The van der Waals surface area contributed by atoms with E-state index in [1.165, 1.54) is 6.33 Å². The number of nitrogens with one attached hydrogen (secondary N) is 2. The SMILES string of the molecule is COc1cc2ccc1CNC(=O)CCc1ccc(OC)c(c1)OCC(=O)N[C@@H]1CN(Cc3ccc(OC)c(Cn4cncn4)c3)CC[C@@H]1O2. The van der Waals surface area contributed by atoms with Crippen molar-refractivity contribution in [3.05, 3.63) is 89.5 Å². The predicted octanol–water partition coefficient (Wildman–Crippen LogP) is 3.13. The smallest absolute Gasteiger partial charge is 0.258 e. The average Bonchev–Trinajstić information content (AvgIpc) is 3.63. The van der Waals surface area contributed by atoms with Gasteiger partial charge < -0.3 is 34.3 Å². The van der Waals surface area contributed by atoms with Crippen molar-refractivity contribution in [2.75, 3.05) is 41.0 Å². The van der Waals surface area contributed by atoms with E-state index in [0.717, 1.165) is 34.5 Å². The molecule has 4 aromatic rings. The van der Waals surface area contributed by atoms with Crippen molar-refractivity contribution in [1.82, 2.24) is 30.3 Å². The number of ether oxygens (including phenoxy) is 5. The topological polar surface area (TPSA) is 138 Å². The summed E-state index contributed by atoms with van der Waals surface area (Å²) in [5.74, 6) is 2.59. The summed E-state index contributed by atoms with van der Waals surface area (Å²) >= 11 is 0. The van der Waals surface area contributed by atoms with E-state index in [1.807, 2.05) is 36.4 Å². The number of aromatic nitrogens is 3. The van der Waals surface area contributed by atoms with Crippen LogP contribution in [0.2, 0.25) is 0 Å². The van der Waals surface area contributed by atoms with Crippen molar-refractivity contribution >= 4 is 11.8 Å². The maximum absolute atomic E-state index is 13.4. The second-order valence-electron chi connectivity index (χ2n) is 12.1. The van der Waals surface area contributed by atoms with Crippen LogP contribution < -0.4 is 34.3 Å². The van der Waals surface area contributed by atoms with Crippen molar-refractivity contribution < 1.29 is 33.3 Å². The molecule has 3 aromatic carbocycles. The number of hydrogen-bond donors (Lipinski definition) is 2. The standard InChI is InChI=1S/C36H42N6O7/c1-45-30-9-5-25(14-27(30)19-42-23-37-22-39-42)18-41-13-12-31-29(20-41)40-36(44)21-48-34-15-24(4-10-32(34)46-2)6-11-35(43)38-17-26-7-8-28(49-31)16-33(26)47-3/h4-5,7-10,14-16,22-23,29,31H,6,11-13,17-21H2,1-3H3,(H,38,43)(H,40,44)/t29-,31+/m1/s1. The van der Waals surface area contributed by atoms with Crippen LogP contribution in [0.1, 0.15) is 35.1 Å². The molecule has 258 valence electrons. The highest BCUT2D eigenvalue weighted by Gasteiger charge is 2.33. The lowest BCUT2D eigenvalue weighted by Gasteiger charge is -2.39. The van der Waals surface area contributed by atoms with Crippen molar-refractivity contribution in [3.63, 3.8) is 0 Å². The van der Waals surface area contributed by atoms with Crippen LogP contribution >= 0.6 is 0 Å². The third kappa shape index (κ3) is 8.60. The van der Waals surface area contributed by atoms with Crippen LogP contribution in [0.25, 0.3) is 0 Å². The Balaban J connectivity index is 1.23. The number of fused-ring (bicyclic) bond motifs is 9. The number of aryl methyl sites for hydroxylation is 1. The highest BCUT2D eigenvalue weighted by atomic mass is 16.5. The van der Waals surface area contributed by atoms with Gasteiger partial charge in [-0.3, -0.25) is 14.5 Å². The summed E-state index contributed by atoms with van der Waals surface area (Å²) in [5.41, 5.74) is 3.84. The van der Waals surface area contributed by atoms with Crippen LogP contribution in [0.4, 0.5) is 0 Å². The van der Waals surface area contributed by atoms with Crippen molar-refractivity contribution in [2.24, 2.45) is 0 Å². The molecule has 7 rings (SSSR count). The lowest BCUT2D eigenvalue weighted by atomic mass is 10.00. The molecule has 3 aliphatic rings. The Labute approximate surface area is 285 Å². The first-order chi connectivity index (χ1) is 23.9. The van der Waals surface area contributed by atoms with Crippen molar-refractivity contribution in [2.45, 2.75) is 51.0 Å². The van der Waals surface area contributed by atoms with E-state index in [9.17, 15) is 9.59 Å². The van der Waals surface area contributed by atoms with Crippen LogP contribution in [-0.2, 0) is 35.6 Å². The quantitative estimate of drug-likeness (QED) is 0.302. The maximum Gasteiger partial charge on any atom is 0.258 e. The Bertz CT molecular complexity index is 1750. The van der Waals surface area contributed by atoms with Gasteiger partial charge in [0, 0.05) is 49.8 Å². The van der Waals surface area contributed by atoms with E-state index in [-0.39, 0.29) is 37.0 Å². The zero-order chi connectivity index (χ0) is 34.2. The van der Waals surface area contributed by atoms with Gasteiger partial charge in [0.1, 0.15) is 36.0 Å². The number of piperidine rings is 1. The summed E-state index contributed by atoms with van der Waals surface area (Å²) in [6.45, 7) is 2.62. The number of carbonyl (C=O) groups is 2. The molecule has 4 heterocycles. The fourth-order valence-corrected chi connectivity index (χ4v) is 6.26. The minimum absolute atomic E-state index is 0.0892.